The van der Waals surface area contributed by atoms with E-state index >= 15 is 0 Å². The van der Waals surface area contributed by atoms with Crippen LogP contribution in [0.2, 0.25) is 0 Å². The van der Waals surface area contributed by atoms with E-state index in [0.29, 0.717) is 11.1 Å². The lowest BCUT2D eigenvalue weighted by Crippen LogP contribution is -2.56. The highest BCUT2D eigenvalue weighted by atomic mass is 32.9. The van der Waals surface area contributed by atoms with Crippen molar-refractivity contribution in [3.63, 3.8) is 0 Å². The van der Waals surface area contributed by atoms with Crippen LogP contribution < -0.4 is 4.90 Å². The fourth-order valence-electron chi connectivity index (χ4n) is 4.59. The van der Waals surface area contributed by atoms with E-state index in [1.807, 2.05) is 39.0 Å². The Bertz CT molecular complexity index is 1350. The molecule has 0 N–H and O–H groups in total. The summed E-state index contributed by atoms with van der Waals surface area (Å²) < 4.78 is 0.809. The molecule has 2 aliphatic heterocycles. The lowest BCUT2D eigenvalue weighted by atomic mass is 9.86. The van der Waals surface area contributed by atoms with E-state index in [9.17, 15) is 14.4 Å². The van der Waals surface area contributed by atoms with Crippen LogP contribution in [0.25, 0.3) is 11.1 Å². The van der Waals surface area contributed by atoms with Gasteiger partial charge in [-0.3, -0.25) is 24.2 Å². The van der Waals surface area contributed by atoms with Crippen LogP contribution in [0.3, 0.4) is 0 Å². The minimum atomic E-state index is -0.955. The van der Waals surface area contributed by atoms with Crippen molar-refractivity contribution in [1.29, 1.82) is 0 Å². The second-order valence-corrected chi connectivity index (χ2v) is 11.4. The fourth-order valence-corrected chi connectivity index (χ4v) is 7.87. The molecule has 2 aromatic carbocycles. The Morgan fingerprint density at radius 1 is 1.00 bits per heavy atom. The number of fused-ring (bicyclic) bond motifs is 4. The second-order valence-electron chi connectivity index (χ2n) is 8.61. The zero-order valence-electron chi connectivity index (χ0n) is 18.0. The van der Waals surface area contributed by atoms with Crippen molar-refractivity contribution in [2.24, 2.45) is 0 Å². The van der Waals surface area contributed by atoms with Gasteiger partial charge in [0.1, 0.15) is 9.87 Å². The molecule has 2 aliphatic rings. The molecule has 3 heterocycles. The smallest absolute Gasteiger partial charge is 0.262 e. The number of carbonyl (C=O) groups excluding carboxylic acids is 3. The highest BCUT2D eigenvalue weighted by molar-refractivity contribution is 7.80. The average Bonchev–Trinajstić information content (AvgIpc) is 3.26. The Morgan fingerprint density at radius 3 is 2.25 bits per heavy atom. The maximum atomic E-state index is 14.0. The van der Waals surface area contributed by atoms with Gasteiger partial charge in [-0.2, -0.15) is 0 Å². The van der Waals surface area contributed by atoms with Gasteiger partial charge >= 0.3 is 0 Å². The van der Waals surface area contributed by atoms with Gasteiger partial charge in [-0.1, -0.05) is 57.2 Å². The van der Waals surface area contributed by atoms with Crippen molar-refractivity contribution < 1.29 is 14.4 Å². The molecule has 5 nitrogen and oxygen atoms in total. The van der Waals surface area contributed by atoms with E-state index in [1.54, 1.807) is 46.4 Å². The van der Waals surface area contributed by atoms with Crippen LogP contribution in [-0.4, -0.2) is 28.7 Å². The summed E-state index contributed by atoms with van der Waals surface area (Å²) in [5, 5.41) is 0. The largest absolute Gasteiger partial charge is 0.299 e. The molecule has 0 aliphatic carbocycles. The van der Waals surface area contributed by atoms with Crippen LogP contribution in [0.1, 0.15) is 51.9 Å². The molecule has 0 bridgehead atoms. The van der Waals surface area contributed by atoms with E-state index in [2.05, 4.69) is 0 Å². The first kappa shape index (κ1) is 21.2. The van der Waals surface area contributed by atoms with Crippen molar-refractivity contribution in [2.45, 2.75) is 39.3 Å². The van der Waals surface area contributed by atoms with Crippen LogP contribution in [0.5, 0.6) is 0 Å². The Balaban J connectivity index is 1.63. The molecule has 162 valence electrons. The third-order valence-electron chi connectivity index (χ3n) is 6.20. The van der Waals surface area contributed by atoms with Crippen molar-refractivity contribution in [3.8, 4) is 11.1 Å². The molecular weight excluding hydrogens is 460 g/mol. The number of anilines is 1. The highest BCUT2D eigenvalue weighted by Gasteiger charge is 2.48. The van der Waals surface area contributed by atoms with Gasteiger partial charge < -0.3 is 0 Å². The second kappa shape index (κ2) is 7.16. The van der Waals surface area contributed by atoms with Crippen LogP contribution in [0.4, 0.5) is 5.69 Å². The number of hydrogen-bond acceptors (Lipinski definition) is 6. The molecule has 1 aromatic heterocycles. The molecule has 0 saturated heterocycles. The number of imide groups is 1. The summed E-state index contributed by atoms with van der Waals surface area (Å²) in [5.41, 5.74) is 3.68. The minimum absolute atomic E-state index is 0.300. The van der Waals surface area contributed by atoms with Gasteiger partial charge in [0.15, 0.2) is 0 Å². The lowest BCUT2D eigenvalue weighted by molar-refractivity contribution is -0.123. The summed E-state index contributed by atoms with van der Waals surface area (Å²) in [7, 11) is 3.11. The number of amides is 3. The molecule has 8 heteroatoms. The van der Waals surface area contributed by atoms with E-state index in [1.165, 1.54) is 10.3 Å². The summed E-state index contributed by atoms with van der Waals surface area (Å²) in [6, 6.07) is 11.7. The van der Waals surface area contributed by atoms with Gasteiger partial charge in [0.2, 0.25) is 0 Å². The maximum absolute atomic E-state index is 14.0. The van der Waals surface area contributed by atoms with Crippen LogP contribution in [0.15, 0.2) is 42.5 Å². The molecule has 0 fully saturated rings. The third-order valence-corrected chi connectivity index (χ3v) is 9.53. The van der Waals surface area contributed by atoms with Crippen molar-refractivity contribution >= 4 is 56.3 Å². The zero-order valence-corrected chi connectivity index (χ0v) is 20.4. The molecule has 3 aromatic rings. The summed E-state index contributed by atoms with van der Waals surface area (Å²) in [6.45, 7) is 7.58. The third kappa shape index (κ3) is 2.79. The minimum Gasteiger partial charge on any atom is -0.299 e. The van der Waals surface area contributed by atoms with Gasteiger partial charge in [-0.25, -0.2) is 0 Å². The first-order valence-corrected chi connectivity index (χ1v) is 12.8. The predicted octanol–water partition coefficient (Wildman–Crippen LogP) is 5.78. The van der Waals surface area contributed by atoms with Gasteiger partial charge in [-0.05, 0) is 51.5 Å². The molecule has 3 amide bonds. The van der Waals surface area contributed by atoms with E-state index in [4.69, 9.17) is 12.2 Å². The Kier molecular flexibility index (Phi) is 4.74. The predicted molar refractivity (Wildman–Crippen MR) is 130 cm³/mol. The fraction of sp³-hybridized carbons (Fsp3) is 0.250. The number of nitrogens with zero attached hydrogens (tertiary/aromatic N) is 2. The number of carbonyl (C=O) groups is 3. The Hall–Kier alpha value is -2.68. The normalized spacial score (nSPS) is 17.1. The topological polar surface area (TPSA) is 57.7 Å². The van der Waals surface area contributed by atoms with Crippen LogP contribution in [-0.2, 0) is 10.3 Å². The summed E-state index contributed by atoms with van der Waals surface area (Å²) in [5.74, 6) is -1.17. The summed E-state index contributed by atoms with van der Waals surface area (Å²) in [4.78, 5) is 43.9. The molecule has 1 atom stereocenters. The summed E-state index contributed by atoms with van der Waals surface area (Å²) >= 11 is 5.63. The van der Waals surface area contributed by atoms with Gasteiger partial charge in [0.05, 0.1) is 27.2 Å². The number of hydrogen-bond donors (Lipinski definition) is 0. The zero-order chi connectivity index (χ0) is 22.9. The SMILES string of the molecule is Cc1ccc2c(c1)N(C(=O)[C@@H](C)N1C(=O)c3ccccc3C1=O)C(C)(C)c1ssc(=S)c1-2. The Labute approximate surface area is 198 Å². The van der Waals surface area contributed by atoms with Crippen LogP contribution in [0, 0.1) is 10.7 Å². The quantitative estimate of drug-likeness (QED) is 0.265. The van der Waals surface area contributed by atoms with Crippen LogP contribution >= 0.6 is 32.9 Å². The standard InChI is InChI=1S/C24H20N2O3S3/c1-12-9-10-16-17(11-12)26(24(3,4)19-18(16)23(30)32-31-19)20(27)13(2)25-21(28)14-7-5-6-8-15(14)22(25)29/h5-11,13H,1-4H3/t13-/m1/s1. The van der Waals surface area contributed by atoms with Crippen molar-refractivity contribution in [1.82, 2.24) is 4.90 Å². The van der Waals surface area contributed by atoms with E-state index < -0.39 is 23.4 Å². The number of rotatable bonds is 2. The molecule has 0 radical (unpaired) electrons. The maximum Gasteiger partial charge on any atom is 0.262 e. The number of aryl methyl sites for hydroxylation is 1. The van der Waals surface area contributed by atoms with Gasteiger partial charge in [0.25, 0.3) is 17.7 Å². The average molecular weight is 481 g/mol. The molecule has 0 unspecified atom stereocenters. The van der Waals surface area contributed by atoms with Gasteiger partial charge in [0, 0.05) is 11.1 Å². The monoisotopic (exact) mass is 480 g/mol. The molecule has 0 saturated carbocycles. The summed E-state index contributed by atoms with van der Waals surface area (Å²) in [6.07, 6.45) is 0. The van der Waals surface area contributed by atoms with Crippen molar-refractivity contribution in [3.05, 3.63) is 67.9 Å². The number of benzene rings is 2. The molecule has 32 heavy (non-hydrogen) atoms. The molecule has 0 spiro atoms. The first-order valence-electron chi connectivity index (χ1n) is 10.2. The van der Waals surface area contributed by atoms with Gasteiger partial charge in [-0.15, -0.1) is 0 Å². The van der Waals surface area contributed by atoms with E-state index in [0.717, 1.165) is 36.0 Å². The van der Waals surface area contributed by atoms with E-state index in [-0.39, 0.29) is 5.91 Å². The highest BCUT2D eigenvalue weighted by Crippen LogP contribution is 2.52. The Morgan fingerprint density at radius 2 is 1.62 bits per heavy atom. The molecule has 5 rings (SSSR count). The lowest BCUT2D eigenvalue weighted by Gasteiger charge is -2.44. The molecular formula is C24H20N2O3S3. The first-order chi connectivity index (χ1) is 15.1. The van der Waals surface area contributed by atoms with Crippen molar-refractivity contribution in [2.75, 3.05) is 4.90 Å².